The van der Waals surface area contributed by atoms with Crippen LogP contribution in [0.15, 0.2) is 0 Å². The normalized spacial score (nSPS) is 37.9. The lowest BCUT2D eigenvalue weighted by Gasteiger charge is -2.47. The van der Waals surface area contributed by atoms with Crippen molar-refractivity contribution in [2.24, 2.45) is 0 Å². The molecular weight excluding hydrogens is 176 g/mol. The summed E-state index contributed by atoms with van der Waals surface area (Å²) in [6, 6.07) is 0. The first-order valence-electron chi connectivity index (χ1n) is 5.51. The molecule has 0 saturated carbocycles. The van der Waals surface area contributed by atoms with Crippen molar-refractivity contribution in [2.75, 3.05) is 60.4 Å². The molecule has 3 heterocycles. The maximum absolute atomic E-state index is 2.57. The highest BCUT2D eigenvalue weighted by Crippen LogP contribution is 2.13. The van der Waals surface area contributed by atoms with Gasteiger partial charge in [0, 0.05) is 39.3 Å². The summed E-state index contributed by atoms with van der Waals surface area (Å²) < 4.78 is 0. The van der Waals surface area contributed by atoms with Crippen LogP contribution in [0.4, 0.5) is 0 Å². The molecule has 14 heavy (non-hydrogen) atoms. The number of hydrogen-bond donors (Lipinski definition) is 0. The minimum absolute atomic E-state index is 0.498. The molecule has 0 amide bonds. The summed E-state index contributed by atoms with van der Waals surface area (Å²) in [6.45, 7) is 7.23. The maximum Gasteiger partial charge on any atom is 0.119 e. The summed E-state index contributed by atoms with van der Waals surface area (Å²) in [7, 11) is 6.69. The van der Waals surface area contributed by atoms with Crippen LogP contribution in [0.3, 0.4) is 0 Å². The Hall–Kier alpha value is -0.160. The topological polar surface area (TPSA) is 13.0 Å². The van der Waals surface area contributed by atoms with Gasteiger partial charge in [0.15, 0.2) is 0 Å². The molecule has 3 aliphatic heterocycles. The molecule has 0 unspecified atom stereocenters. The third kappa shape index (κ3) is 1.93. The third-order valence-corrected chi connectivity index (χ3v) is 3.49. The van der Waals surface area contributed by atoms with E-state index in [4.69, 9.17) is 0 Å². The van der Waals surface area contributed by atoms with Crippen molar-refractivity contribution in [1.82, 2.24) is 19.6 Å². The summed E-state index contributed by atoms with van der Waals surface area (Å²) >= 11 is 0. The van der Waals surface area contributed by atoms with Crippen molar-refractivity contribution >= 4 is 0 Å². The first-order chi connectivity index (χ1) is 6.68. The molecule has 0 atom stereocenters. The zero-order chi connectivity index (χ0) is 10.1. The molecule has 4 heteroatoms. The highest BCUT2D eigenvalue weighted by Gasteiger charge is 2.29. The van der Waals surface area contributed by atoms with Crippen LogP contribution in [-0.4, -0.2) is 86.3 Å². The molecule has 0 aromatic rings. The van der Waals surface area contributed by atoms with Crippen LogP contribution in [0.5, 0.6) is 0 Å². The lowest BCUT2D eigenvalue weighted by Crippen LogP contribution is -2.62. The van der Waals surface area contributed by atoms with Crippen molar-refractivity contribution < 1.29 is 0 Å². The van der Waals surface area contributed by atoms with Gasteiger partial charge in [-0.1, -0.05) is 0 Å². The van der Waals surface area contributed by atoms with Gasteiger partial charge in [0.1, 0.15) is 6.29 Å². The largest absolute Gasteiger partial charge is 0.300 e. The van der Waals surface area contributed by atoms with Gasteiger partial charge in [0.05, 0.1) is 0 Å². The molecule has 3 fully saturated rings. The fraction of sp³-hybridized carbons (Fsp3) is 1.00. The highest BCUT2D eigenvalue weighted by molar-refractivity contribution is 4.79. The molecule has 3 aliphatic rings. The zero-order valence-corrected chi connectivity index (χ0v) is 9.61. The van der Waals surface area contributed by atoms with Crippen molar-refractivity contribution in [3.63, 3.8) is 0 Å². The maximum atomic E-state index is 2.57. The number of hydrogen-bond acceptors (Lipinski definition) is 4. The van der Waals surface area contributed by atoms with Gasteiger partial charge in [-0.3, -0.25) is 19.6 Å². The second kappa shape index (κ2) is 4.14. The Balaban J connectivity index is 2.17. The fourth-order valence-electron chi connectivity index (χ4n) is 2.59. The molecule has 3 saturated heterocycles. The molecule has 0 radical (unpaired) electrons. The lowest BCUT2D eigenvalue weighted by molar-refractivity contribution is -0.0738. The van der Waals surface area contributed by atoms with Crippen LogP contribution < -0.4 is 0 Å². The van der Waals surface area contributed by atoms with E-state index in [1.54, 1.807) is 0 Å². The van der Waals surface area contributed by atoms with Crippen molar-refractivity contribution in [1.29, 1.82) is 0 Å². The van der Waals surface area contributed by atoms with E-state index in [0.717, 1.165) is 0 Å². The minimum Gasteiger partial charge on any atom is -0.300 e. The Morgan fingerprint density at radius 1 is 0.643 bits per heavy atom. The third-order valence-electron chi connectivity index (χ3n) is 3.49. The Kier molecular flexibility index (Phi) is 3.07. The predicted octanol–water partition coefficient (Wildman–Crippen LogP) is -0.605. The average molecular weight is 198 g/mol. The summed E-state index contributed by atoms with van der Waals surface area (Å²) in [6.07, 6.45) is 0.498. The fourth-order valence-corrected chi connectivity index (χ4v) is 2.59. The number of rotatable bonds is 0. The van der Waals surface area contributed by atoms with Crippen LogP contribution in [-0.2, 0) is 0 Å². The highest BCUT2D eigenvalue weighted by atomic mass is 15.5. The van der Waals surface area contributed by atoms with Gasteiger partial charge in [-0.2, -0.15) is 0 Å². The number of fused-ring (bicyclic) bond motifs is 6. The van der Waals surface area contributed by atoms with Gasteiger partial charge >= 0.3 is 0 Å². The quantitative estimate of drug-likeness (QED) is 0.515. The van der Waals surface area contributed by atoms with Gasteiger partial charge in [0.25, 0.3) is 0 Å². The summed E-state index contributed by atoms with van der Waals surface area (Å²) in [5.74, 6) is 0. The van der Waals surface area contributed by atoms with Crippen molar-refractivity contribution in [2.45, 2.75) is 6.29 Å². The van der Waals surface area contributed by atoms with Crippen LogP contribution in [0, 0.1) is 0 Å². The molecule has 0 aliphatic carbocycles. The summed E-state index contributed by atoms with van der Waals surface area (Å²) in [5, 5.41) is 0. The number of likely N-dealkylation sites (N-methyl/N-ethyl adjacent to an activating group) is 3. The van der Waals surface area contributed by atoms with Crippen molar-refractivity contribution in [3.8, 4) is 0 Å². The van der Waals surface area contributed by atoms with E-state index in [0.29, 0.717) is 6.29 Å². The first-order valence-corrected chi connectivity index (χ1v) is 5.51. The van der Waals surface area contributed by atoms with E-state index < -0.39 is 0 Å². The second-order valence-electron chi connectivity index (χ2n) is 4.63. The molecule has 2 bridgehead atoms. The number of nitrogens with zero attached hydrogens (tertiary/aromatic N) is 4. The van der Waals surface area contributed by atoms with Gasteiger partial charge in [0.2, 0.25) is 0 Å². The SMILES string of the molecule is CN1CCN2CCN(C)C1N(C)CC2. The van der Waals surface area contributed by atoms with Gasteiger partial charge < -0.3 is 0 Å². The second-order valence-corrected chi connectivity index (χ2v) is 4.63. The molecule has 0 aromatic heterocycles. The first kappa shape index (κ1) is 10.4. The van der Waals surface area contributed by atoms with E-state index >= 15 is 0 Å². The van der Waals surface area contributed by atoms with Gasteiger partial charge in [-0.15, -0.1) is 0 Å². The molecular formula is C10H22N4. The van der Waals surface area contributed by atoms with Crippen LogP contribution in [0.25, 0.3) is 0 Å². The molecule has 4 nitrogen and oxygen atoms in total. The zero-order valence-electron chi connectivity index (χ0n) is 9.61. The average Bonchev–Trinajstić information content (AvgIpc) is 2.11. The lowest BCUT2D eigenvalue weighted by atomic mass is 10.3. The van der Waals surface area contributed by atoms with Crippen LogP contribution in [0.2, 0.25) is 0 Å². The molecule has 3 rings (SSSR count). The smallest absolute Gasteiger partial charge is 0.119 e. The van der Waals surface area contributed by atoms with E-state index in [1.807, 2.05) is 0 Å². The van der Waals surface area contributed by atoms with Crippen molar-refractivity contribution in [3.05, 3.63) is 0 Å². The molecule has 0 N–H and O–H groups in total. The Bertz CT molecular complexity index is 163. The van der Waals surface area contributed by atoms with E-state index in [-0.39, 0.29) is 0 Å². The van der Waals surface area contributed by atoms with Crippen LogP contribution in [0.1, 0.15) is 0 Å². The molecule has 82 valence electrons. The van der Waals surface area contributed by atoms with E-state index in [9.17, 15) is 0 Å². The monoisotopic (exact) mass is 198 g/mol. The Morgan fingerprint density at radius 3 is 1.36 bits per heavy atom. The van der Waals surface area contributed by atoms with Gasteiger partial charge in [-0.25, -0.2) is 0 Å². The molecule has 0 spiro atoms. The van der Waals surface area contributed by atoms with E-state index in [1.165, 1.54) is 39.3 Å². The van der Waals surface area contributed by atoms with Gasteiger partial charge in [-0.05, 0) is 21.1 Å². The van der Waals surface area contributed by atoms with Crippen LogP contribution >= 0.6 is 0 Å². The minimum atomic E-state index is 0.498. The summed E-state index contributed by atoms with van der Waals surface area (Å²) in [5.41, 5.74) is 0. The Labute approximate surface area is 87.1 Å². The standard InChI is InChI=1S/C10H22N4/c1-11-4-7-14-8-5-12(2)10(11)13(3)6-9-14/h10H,4-9H2,1-3H3. The van der Waals surface area contributed by atoms with E-state index in [2.05, 4.69) is 40.7 Å². The predicted molar refractivity (Wildman–Crippen MR) is 58.1 cm³/mol. The molecule has 0 aromatic carbocycles. The Morgan fingerprint density at radius 2 is 1.00 bits per heavy atom. The summed E-state index contributed by atoms with van der Waals surface area (Å²) in [4.78, 5) is 9.92.